The summed E-state index contributed by atoms with van der Waals surface area (Å²) < 4.78 is 0. The van der Waals surface area contributed by atoms with Crippen LogP contribution in [0.3, 0.4) is 0 Å². The molecule has 0 aliphatic heterocycles. The molecule has 132 valence electrons. The van der Waals surface area contributed by atoms with Gasteiger partial charge in [-0.15, -0.1) is 11.9 Å². The van der Waals surface area contributed by atoms with E-state index >= 15 is 0 Å². The van der Waals surface area contributed by atoms with E-state index in [-0.39, 0.29) is 44.3 Å². The van der Waals surface area contributed by atoms with E-state index in [9.17, 15) is 5.11 Å². The maximum atomic E-state index is 10.1. The molecule has 1 aromatic rings. The Morgan fingerprint density at radius 2 is 1.48 bits per heavy atom. The molecule has 2 aliphatic carbocycles. The van der Waals surface area contributed by atoms with E-state index in [2.05, 4.69) is 66.6 Å². The number of rotatable bonds is 5. The first-order valence-corrected chi connectivity index (χ1v) is 9.90. The number of benzene rings is 1. The first kappa shape index (κ1) is 29.1. The second-order valence-electron chi connectivity index (χ2n) is 5.98. The summed E-state index contributed by atoms with van der Waals surface area (Å²) in [5.41, 5.74) is 4.00. The molecule has 0 saturated heterocycles. The first-order valence-electron chi connectivity index (χ1n) is 9.09. The minimum absolute atomic E-state index is 0. The Morgan fingerprint density at radius 3 is 1.78 bits per heavy atom. The quantitative estimate of drug-likeness (QED) is 0.494. The fraction of sp³-hybridized carbons (Fsp3) is 0.348. The fourth-order valence-electron chi connectivity index (χ4n) is 2.83. The van der Waals surface area contributed by atoms with Crippen LogP contribution in [0.25, 0.3) is 0 Å². The van der Waals surface area contributed by atoms with Crippen LogP contribution in [0.5, 0.6) is 0 Å². The van der Waals surface area contributed by atoms with Crippen molar-refractivity contribution in [2.45, 2.75) is 44.5 Å². The van der Waals surface area contributed by atoms with Crippen molar-refractivity contribution in [3.05, 3.63) is 90.4 Å². The Labute approximate surface area is 198 Å². The molecular weight excluding hydrogens is 333 g/mol. The molecule has 2 aliphatic rings. The largest absolute Gasteiger partial charge is 1.00 e. The Kier molecular flexibility index (Phi) is 20.7. The van der Waals surface area contributed by atoms with E-state index < -0.39 is 0 Å². The number of hydrogen-bond donors (Lipinski definition) is 0. The van der Waals surface area contributed by atoms with Crippen molar-refractivity contribution in [1.29, 1.82) is 0 Å². The zero-order valence-electron chi connectivity index (χ0n) is 17.4. The Balaban J connectivity index is 0. The van der Waals surface area contributed by atoms with E-state index in [1.54, 1.807) is 11.1 Å². The van der Waals surface area contributed by atoms with Crippen LogP contribution in [0.2, 0.25) is 5.28 Å². The van der Waals surface area contributed by atoms with Crippen molar-refractivity contribution < 1.29 is 42.8 Å². The van der Waals surface area contributed by atoms with Crippen molar-refractivity contribution in [2.24, 2.45) is 5.92 Å². The molecule has 4 heteroatoms. The van der Waals surface area contributed by atoms with Crippen LogP contribution < -0.4 is 42.8 Å². The van der Waals surface area contributed by atoms with E-state index in [0.29, 0.717) is 5.92 Å². The number of hydrogen-bond acceptors (Lipinski definition) is 1. The second kappa shape index (κ2) is 19.2. The molecule has 0 aromatic heterocycles. The molecule has 3 rings (SSSR count). The fourth-order valence-corrected chi connectivity index (χ4v) is 2.83. The predicted octanol–water partition coefficient (Wildman–Crippen LogP) is -0.863. The van der Waals surface area contributed by atoms with Gasteiger partial charge in [-0.1, -0.05) is 96.8 Å². The van der Waals surface area contributed by atoms with Gasteiger partial charge in [0.05, 0.1) is 0 Å². The van der Waals surface area contributed by atoms with E-state index in [1.807, 2.05) is 30.3 Å². The third kappa shape index (κ3) is 12.1. The van der Waals surface area contributed by atoms with Crippen LogP contribution in [0.1, 0.15) is 38.2 Å². The summed E-state index contributed by atoms with van der Waals surface area (Å²) >= 11 is 2.58. The van der Waals surface area contributed by atoms with Gasteiger partial charge in [0, 0.05) is 0 Å². The number of allylic oxidation sites excluding steroid dienone is 8. The average Bonchev–Trinajstić information content (AvgIpc) is 3.36. The molecule has 0 fully saturated rings. The summed E-state index contributed by atoms with van der Waals surface area (Å²) in [4.78, 5) is 0. The molecular formula is C23H29AlLi2O. The molecule has 0 spiro atoms. The van der Waals surface area contributed by atoms with Crippen LogP contribution in [0, 0.1) is 12.8 Å². The predicted molar refractivity (Wildman–Crippen MR) is 108 cm³/mol. The normalized spacial score (nSPS) is 13.3. The monoisotopic (exact) mass is 362 g/mol. The standard InChI is InChI=1S/C14H17.C7H7O.C2H5.Al.2Li/c1-2-7-14(12-8-3-4-9-12)13-10-5-6-11-13;8-6-7-4-2-1-3-5-7;1-2;;;/h3-6,8,10,14H,1-2,7,9,11H2;1-5H,6H2;1H2,2H3;;;/q2*-1;;;2*+1. The van der Waals surface area contributed by atoms with Crippen LogP contribution in [0.4, 0.5) is 0 Å². The topological polar surface area (TPSA) is 23.1 Å². The molecule has 2 radical (unpaired) electrons. The third-order valence-corrected chi connectivity index (χ3v) is 4.00. The summed E-state index contributed by atoms with van der Waals surface area (Å²) in [5.74, 6) is 0.650. The van der Waals surface area contributed by atoms with Gasteiger partial charge in [0.25, 0.3) is 0 Å². The molecule has 0 atom stereocenters. The van der Waals surface area contributed by atoms with Crippen LogP contribution in [-0.2, 0) is 6.61 Å². The molecule has 27 heavy (non-hydrogen) atoms. The molecule has 0 saturated carbocycles. The Morgan fingerprint density at radius 1 is 1.00 bits per heavy atom. The van der Waals surface area contributed by atoms with E-state index in [0.717, 1.165) is 24.8 Å². The van der Waals surface area contributed by atoms with Gasteiger partial charge in [-0.25, -0.2) is 0 Å². The van der Waals surface area contributed by atoms with Gasteiger partial charge >= 0.3 is 37.7 Å². The summed E-state index contributed by atoms with van der Waals surface area (Å²) in [6, 6.07) is 9.29. The minimum atomic E-state index is -0.110. The van der Waals surface area contributed by atoms with Crippen molar-refractivity contribution in [3.8, 4) is 0 Å². The van der Waals surface area contributed by atoms with Crippen LogP contribution >= 0.6 is 0 Å². The van der Waals surface area contributed by atoms with Crippen molar-refractivity contribution in [1.82, 2.24) is 0 Å². The molecule has 1 nitrogen and oxygen atoms in total. The molecule has 0 N–H and O–H groups in total. The average molecular weight is 362 g/mol. The van der Waals surface area contributed by atoms with Crippen molar-refractivity contribution in [2.75, 3.05) is 0 Å². The van der Waals surface area contributed by atoms with Gasteiger partial charge in [0.1, 0.15) is 16.3 Å². The minimum Gasteiger partial charge on any atom is -0.851 e. The van der Waals surface area contributed by atoms with Gasteiger partial charge in [0.15, 0.2) is 0 Å². The van der Waals surface area contributed by atoms with Crippen molar-refractivity contribution >= 4 is 16.3 Å². The summed E-state index contributed by atoms with van der Waals surface area (Å²) in [6.07, 6.45) is 17.9. The smallest absolute Gasteiger partial charge is 0.851 e. The maximum Gasteiger partial charge on any atom is 1.00 e. The van der Waals surface area contributed by atoms with Gasteiger partial charge in [-0.3, -0.25) is 0 Å². The Hall–Kier alpha value is -0.133. The summed E-state index contributed by atoms with van der Waals surface area (Å²) in [5, 5.41) is 11.3. The third-order valence-electron chi connectivity index (χ3n) is 4.00. The van der Waals surface area contributed by atoms with Crippen molar-refractivity contribution in [3.63, 3.8) is 0 Å². The SMILES string of the molecule is C[CH2][Al].[CH2-]CCC(C1=CC=CC1)C1=CC=CC1.[Li+].[Li+].[O-]Cc1ccccc1. The molecule has 0 amide bonds. The molecule has 0 bridgehead atoms. The maximum absolute atomic E-state index is 10.1. The summed E-state index contributed by atoms with van der Waals surface area (Å²) in [7, 11) is 0. The molecule has 1 aromatic carbocycles. The zero-order valence-corrected chi connectivity index (χ0v) is 18.5. The van der Waals surface area contributed by atoms with Gasteiger partial charge in [0.2, 0.25) is 0 Å². The van der Waals surface area contributed by atoms with Gasteiger partial charge in [-0.05, 0) is 18.8 Å². The summed E-state index contributed by atoms with van der Waals surface area (Å²) in [6.45, 7) is 5.95. The zero-order chi connectivity index (χ0) is 18.3. The van der Waals surface area contributed by atoms with Crippen LogP contribution in [0.15, 0.2) is 77.9 Å². The van der Waals surface area contributed by atoms with E-state index in [1.165, 1.54) is 11.7 Å². The molecule has 0 unspecified atom stereocenters. The van der Waals surface area contributed by atoms with E-state index in [4.69, 9.17) is 0 Å². The first-order chi connectivity index (χ1) is 12.3. The Bertz CT molecular complexity index is 562. The second-order valence-corrected chi connectivity index (χ2v) is 6.80. The molecule has 0 heterocycles. The van der Waals surface area contributed by atoms with Crippen LogP contribution in [-0.4, -0.2) is 16.3 Å². The van der Waals surface area contributed by atoms with Gasteiger partial charge in [-0.2, -0.15) is 6.42 Å². The van der Waals surface area contributed by atoms with Gasteiger partial charge < -0.3 is 12.0 Å².